The average Bonchev–Trinajstić information content (AvgIpc) is 2.84. The van der Waals surface area contributed by atoms with Crippen molar-refractivity contribution < 1.29 is 4.74 Å². The molecule has 3 rings (SSSR count). The normalized spacial score (nSPS) is 14.2. The van der Waals surface area contributed by atoms with Crippen LogP contribution in [0.1, 0.15) is 11.1 Å². The van der Waals surface area contributed by atoms with E-state index in [4.69, 9.17) is 4.74 Å². The summed E-state index contributed by atoms with van der Waals surface area (Å²) >= 11 is 3.79. The molecule has 76 valence electrons. The van der Waals surface area contributed by atoms with Crippen molar-refractivity contribution in [1.29, 1.82) is 0 Å². The lowest BCUT2D eigenvalue weighted by Gasteiger charge is -1.99. The molecular formula is C10H7IN2OS. The highest BCUT2D eigenvalue weighted by atomic mass is 127. The maximum absolute atomic E-state index is 5.38. The first-order valence-electron chi connectivity index (χ1n) is 4.52. The average molecular weight is 330 g/mol. The number of aromatic nitrogens is 2. The first kappa shape index (κ1) is 9.68. The van der Waals surface area contributed by atoms with Crippen LogP contribution in [0.25, 0.3) is 10.6 Å². The van der Waals surface area contributed by atoms with Gasteiger partial charge in [-0.25, -0.2) is 0 Å². The van der Waals surface area contributed by atoms with Gasteiger partial charge in [0.1, 0.15) is 5.01 Å². The molecule has 0 aliphatic carbocycles. The molecule has 0 saturated carbocycles. The Morgan fingerprint density at radius 1 is 1.20 bits per heavy atom. The molecule has 3 nitrogen and oxygen atoms in total. The minimum Gasteiger partial charge on any atom is -0.372 e. The Kier molecular flexibility index (Phi) is 2.45. The van der Waals surface area contributed by atoms with Crippen LogP contribution in [0.5, 0.6) is 0 Å². The summed E-state index contributed by atoms with van der Waals surface area (Å²) in [6.07, 6.45) is 0. The maximum Gasteiger partial charge on any atom is 0.178 e. The number of fused-ring (bicyclic) bond motifs is 1. The lowest BCUT2D eigenvalue weighted by molar-refractivity contribution is 0.134. The lowest BCUT2D eigenvalue weighted by atomic mass is 10.1. The van der Waals surface area contributed by atoms with Crippen molar-refractivity contribution in [3.8, 4) is 10.6 Å². The summed E-state index contributed by atoms with van der Waals surface area (Å²) in [7, 11) is 0. The van der Waals surface area contributed by atoms with E-state index in [0.717, 1.165) is 26.8 Å². The molecule has 2 aromatic rings. The molecule has 5 heteroatoms. The number of nitrogens with zero attached hydrogens (tertiary/aromatic N) is 2. The number of ether oxygens (including phenoxy) is 1. The minimum absolute atomic E-state index is 0.721. The van der Waals surface area contributed by atoms with Gasteiger partial charge in [0.05, 0.1) is 13.2 Å². The van der Waals surface area contributed by atoms with Gasteiger partial charge in [0.15, 0.2) is 3.01 Å². The standard InChI is InChI=1S/C10H7IN2OS/c11-10-13-12-9(15-10)6-1-2-7-4-14-5-8(7)3-6/h1-3H,4-5H2. The highest BCUT2D eigenvalue weighted by molar-refractivity contribution is 14.1. The summed E-state index contributed by atoms with van der Waals surface area (Å²) in [5.41, 5.74) is 3.70. The Morgan fingerprint density at radius 3 is 2.87 bits per heavy atom. The topological polar surface area (TPSA) is 35.0 Å². The van der Waals surface area contributed by atoms with Crippen molar-refractivity contribution in [2.24, 2.45) is 0 Å². The first-order chi connectivity index (χ1) is 7.33. The van der Waals surface area contributed by atoms with Gasteiger partial charge in [0.25, 0.3) is 0 Å². The summed E-state index contributed by atoms with van der Waals surface area (Å²) in [5, 5.41) is 9.12. The van der Waals surface area contributed by atoms with Gasteiger partial charge < -0.3 is 4.74 Å². The van der Waals surface area contributed by atoms with Crippen molar-refractivity contribution in [2.45, 2.75) is 13.2 Å². The largest absolute Gasteiger partial charge is 0.372 e. The van der Waals surface area contributed by atoms with Crippen LogP contribution in [0.2, 0.25) is 0 Å². The number of benzene rings is 1. The molecule has 0 N–H and O–H groups in total. The molecule has 0 unspecified atom stereocenters. The van der Waals surface area contributed by atoms with Crippen molar-refractivity contribution in [3.63, 3.8) is 0 Å². The van der Waals surface area contributed by atoms with Crippen molar-refractivity contribution in [3.05, 3.63) is 32.3 Å². The highest BCUT2D eigenvalue weighted by Gasteiger charge is 2.13. The van der Waals surface area contributed by atoms with Crippen LogP contribution in [0.3, 0.4) is 0 Å². The number of hydrogen-bond donors (Lipinski definition) is 0. The summed E-state index contributed by atoms with van der Waals surface area (Å²) in [6.45, 7) is 1.46. The second-order valence-corrected chi connectivity index (χ2v) is 6.07. The Hall–Kier alpha value is -0.530. The molecule has 15 heavy (non-hydrogen) atoms. The van der Waals surface area contributed by atoms with Crippen LogP contribution in [-0.2, 0) is 18.0 Å². The molecular weight excluding hydrogens is 323 g/mol. The van der Waals surface area contributed by atoms with E-state index in [1.165, 1.54) is 11.1 Å². The Labute approximate surface area is 105 Å². The molecule has 0 spiro atoms. The molecule has 1 aliphatic heterocycles. The molecule has 0 radical (unpaired) electrons. The zero-order valence-corrected chi connectivity index (χ0v) is 10.7. The molecule has 1 aromatic heterocycles. The maximum atomic E-state index is 5.38. The number of hydrogen-bond acceptors (Lipinski definition) is 4. The van der Waals surface area contributed by atoms with Crippen LogP contribution in [0, 0.1) is 3.01 Å². The fourth-order valence-electron chi connectivity index (χ4n) is 1.63. The van der Waals surface area contributed by atoms with Gasteiger partial charge in [-0.05, 0) is 39.8 Å². The van der Waals surface area contributed by atoms with Crippen LogP contribution in [0.4, 0.5) is 0 Å². The van der Waals surface area contributed by atoms with Gasteiger partial charge >= 0.3 is 0 Å². The predicted molar refractivity (Wildman–Crippen MR) is 66.6 cm³/mol. The van der Waals surface area contributed by atoms with Crippen molar-refractivity contribution in [1.82, 2.24) is 10.2 Å². The molecule has 2 heterocycles. The predicted octanol–water partition coefficient (Wildman–Crippen LogP) is 2.84. The second-order valence-electron chi connectivity index (χ2n) is 3.34. The second kappa shape index (κ2) is 3.80. The van der Waals surface area contributed by atoms with E-state index in [9.17, 15) is 0 Å². The van der Waals surface area contributed by atoms with Gasteiger partial charge in [-0.15, -0.1) is 10.2 Å². The molecule has 0 amide bonds. The quantitative estimate of drug-likeness (QED) is 0.754. The summed E-state index contributed by atoms with van der Waals surface area (Å²) in [6, 6.07) is 6.36. The summed E-state index contributed by atoms with van der Waals surface area (Å²) in [4.78, 5) is 0. The van der Waals surface area contributed by atoms with Crippen LogP contribution in [-0.4, -0.2) is 10.2 Å². The van der Waals surface area contributed by atoms with E-state index in [1.807, 2.05) is 0 Å². The minimum atomic E-state index is 0.721. The third-order valence-electron chi connectivity index (χ3n) is 2.37. The summed E-state index contributed by atoms with van der Waals surface area (Å²) in [5.74, 6) is 0. The first-order valence-corrected chi connectivity index (χ1v) is 6.41. The van der Waals surface area contributed by atoms with Crippen molar-refractivity contribution >= 4 is 33.9 Å². The third kappa shape index (κ3) is 1.79. The molecule has 0 atom stereocenters. The monoisotopic (exact) mass is 330 g/mol. The molecule has 1 aliphatic rings. The molecule has 0 saturated heterocycles. The number of rotatable bonds is 1. The number of halogens is 1. The Bertz CT molecular complexity index is 512. The molecule has 0 fully saturated rings. The van der Waals surface area contributed by atoms with Gasteiger partial charge in [0, 0.05) is 5.56 Å². The zero-order valence-electron chi connectivity index (χ0n) is 7.74. The lowest BCUT2D eigenvalue weighted by Crippen LogP contribution is -1.84. The Morgan fingerprint density at radius 2 is 2.07 bits per heavy atom. The SMILES string of the molecule is Ic1nnc(-c2ccc3c(c2)COC3)s1. The molecule has 1 aromatic carbocycles. The Balaban J connectivity index is 2.06. The van der Waals surface area contributed by atoms with Gasteiger partial charge in [0.2, 0.25) is 0 Å². The van der Waals surface area contributed by atoms with Crippen LogP contribution < -0.4 is 0 Å². The van der Waals surface area contributed by atoms with E-state index >= 15 is 0 Å². The van der Waals surface area contributed by atoms with Crippen LogP contribution in [0.15, 0.2) is 18.2 Å². The van der Waals surface area contributed by atoms with Gasteiger partial charge in [-0.1, -0.05) is 23.5 Å². The zero-order chi connectivity index (χ0) is 10.3. The van der Waals surface area contributed by atoms with Crippen LogP contribution >= 0.6 is 33.9 Å². The van der Waals surface area contributed by atoms with Gasteiger partial charge in [-0.3, -0.25) is 0 Å². The van der Waals surface area contributed by atoms with E-state index in [2.05, 4.69) is 51.0 Å². The fraction of sp³-hybridized carbons (Fsp3) is 0.200. The fourth-order valence-corrected chi connectivity index (χ4v) is 2.93. The smallest absolute Gasteiger partial charge is 0.178 e. The van der Waals surface area contributed by atoms with E-state index in [-0.39, 0.29) is 0 Å². The highest BCUT2D eigenvalue weighted by Crippen LogP contribution is 2.29. The van der Waals surface area contributed by atoms with Crippen molar-refractivity contribution in [2.75, 3.05) is 0 Å². The summed E-state index contributed by atoms with van der Waals surface area (Å²) < 4.78 is 6.35. The van der Waals surface area contributed by atoms with E-state index in [0.29, 0.717) is 0 Å². The van der Waals surface area contributed by atoms with E-state index < -0.39 is 0 Å². The van der Waals surface area contributed by atoms with E-state index in [1.54, 1.807) is 11.3 Å². The van der Waals surface area contributed by atoms with Gasteiger partial charge in [-0.2, -0.15) is 0 Å². The molecule has 0 bridgehead atoms. The third-order valence-corrected chi connectivity index (χ3v) is 4.01.